The molecule has 0 amide bonds. The SMILES string of the molecule is C.C=C(CCCC1CCCCC1)C(=C)Cc1cc(CC)c(C2=NC(c3cccc(C(C)C(=O)c4cccc(CC)c4)c3)=CC2)s1.CC. The van der Waals surface area contributed by atoms with Gasteiger partial charge in [0.05, 0.1) is 16.3 Å². The fraction of sp³-hybridized carbons (Fsp3) is 0.455. The zero-order valence-electron chi connectivity index (χ0n) is 29.1. The zero-order chi connectivity index (χ0) is 33.1. The molecule has 252 valence electrons. The van der Waals surface area contributed by atoms with Crippen LogP contribution >= 0.6 is 11.3 Å². The highest BCUT2D eigenvalue weighted by atomic mass is 32.1. The average Bonchev–Trinajstić information content (AvgIpc) is 3.76. The first-order valence-corrected chi connectivity index (χ1v) is 18.7. The summed E-state index contributed by atoms with van der Waals surface area (Å²) in [6, 6.07) is 18.8. The highest BCUT2D eigenvalue weighted by molar-refractivity contribution is 7.14. The lowest BCUT2D eigenvalue weighted by Crippen LogP contribution is -2.10. The molecule has 0 bridgehead atoms. The summed E-state index contributed by atoms with van der Waals surface area (Å²) in [5, 5.41) is 0. The summed E-state index contributed by atoms with van der Waals surface area (Å²) in [6.45, 7) is 19.2. The summed E-state index contributed by atoms with van der Waals surface area (Å²) < 4.78 is 0. The van der Waals surface area contributed by atoms with Crippen LogP contribution < -0.4 is 0 Å². The van der Waals surface area contributed by atoms with Crippen molar-refractivity contribution in [2.45, 2.75) is 125 Å². The van der Waals surface area contributed by atoms with Gasteiger partial charge in [-0.3, -0.25) is 9.79 Å². The van der Waals surface area contributed by atoms with E-state index in [-0.39, 0.29) is 19.1 Å². The van der Waals surface area contributed by atoms with Gasteiger partial charge >= 0.3 is 0 Å². The number of hydrogen-bond acceptors (Lipinski definition) is 3. The Morgan fingerprint density at radius 3 is 2.43 bits per heavy atom. The number of nitrogens with zero attached hydrogens (tertiary/aromatic N) is 1. The van der Waals surface area contributed by atoms with E-state index in [4.69, 9.17) is 4.99 Å². The molecule has 2 aliphatic rings. The largest absolute Gasteiger partial charge is 0.294 e. The Morgan fingerprint density at radius 1 is 0.957 bits per heavy atom. The third-order valence-electron chi connectivity index (χ3n) is 9.65. The summed E-state index contributed by atoms with van der Waals surface area (Å²) in [6.07, 6.45) is 16.6. The molecule has 0 N–H and O–H groups in total. The Morgan fingerprint density at radius 2 is 1.70 bits per heavy atom. The van der Waals surface area contributed by atoms with E-state index in [0.29, 0.717) is 0 Å². The molecule has 1 fully saturated rings. The summed E-state index contributed by atoms with van der Waals surface area (Å²) >= 11 is 1.87. The summed E-state index contributed by atoms with van der Waals surface area (Å²) in [4.78, 5) is 21.1. The maximum atomic E-state index is 13.3. The molecule has 2 heterocycles. The Bertz CT molecular complexity index is 1560. The number of ketones is 1. The van der Waals surface area contributed by atoms with E-state index < -0.39 is 0 Å². The van der Waals surface area contributed by atoms with Crippen molar-refractivity contribution in [2.24, 2.45) is 10.9 Å². The third kappa shape index (κ3) is 10.1. The Kier molecular flexibility index (Phi) is 15.3. The molecule has 2 nitrogen and oxygen atoms in total. The van der Waals surface area contributed by atoms with E-state index in [1.54, 1.807) is 0 Å². The number of hydrogen-bond donors (Lipinski definition) is 0. The minimum Gasteiger partial charge on any atom is -0.294 e. The molecular formula is C44H59NOS. The second-order valence-electron chi connectivity index (χ2n) is 12.8. The maximum absolute atomic E-state index is 13.3. The highest BCUT2D eigenvalue weighted by Gasteiger charge is 2.21. The number of rotatable bonds is 14. The number of aryl methyl sites for hydroxylation is 2. The van der Waals surface area contributed by atoms with E-state index in [1.807, 2.05) is 50.3 Å². The van der Waals surface area contributed by atoms with Crippen LogP contribution in [0.3, 0.4) is 0 Å². The quantitative estimate of drug-likeness (QED) is 0.126. The number of aliphatic imine (C=N–C) groups is 1. The monoisotopic (exact) mass is 649 g/mol. The second kappa shape index (κ2) is 18.9. The third-order valence-corrected chi connectivity index (χ3v) is 10.9. The lowest BCUT2D eigenvalue weighted by molar-refractivity contribution is 0.0966. The van der Waals surface area contributed by atoms with Crippen LogP contribution in [0.25, 0.3) is 5.70 Å². The van der Waals surface area contributed by atoms with E-state index in [2.05, 4.69) is 69.5 Å². The molecule has 3 heteroatoms. The molecule has 5 rings (SSSR count). The molecule has 1 aliphatic carbocycles. The van der Waals surface area contributed by atoms with E-state index >= 15 is 0 Å². The molecule has 0 spiro atoms. The normalized spacial score (nSPS) is 15.1. The van der Waals surface area contributed by atoms with Crippen LogP contribution in [0, 0.1) is 5.92 Å². The number of thiophene rings is 1. The van der Waals surface area contributed by atoms with Gasteiger partial charge in [-0.1, -0.05) is 142 Å². The van der Waals surface area contributed by atoms with Gasteiger partial charge in [0.2, 0.25) is 0 Å². The van der Waals surface area contributed by atoms with E-state index in [1.165, 1.54) is 77.0 Å². The van der Waals surface area contributed by atoms with Gasteiger partial charge in [-0.2, -0.15) is 0 Å². The Labute approximate surface area is 290 Å². The van der Waals surface area contributed by atoms with Gasteiger partial charge in [-0.05, 0) is 72.1 Å². The minimum absolute atomic E-state index is 0. The maximum Gasteiger partial charge on any atom is 0.170 e. The second-order valence-corrected chi connectivity index (χ2v) is 14.0. The van der Waals surface area contributed by atoms with Crippen molar-refractivity contribution >= 4 is 28.5 Å². The number of allylic oxidation sites excluding steroid dienone is 3. The van der Waals surface area contributed by atoms with E-state index in [9.17, 15) is 4.79 Å². The van der Waals surface area contributed by atoms with Crippen LogP contribution in [0.4, 0.5) is 0 Å². The van der Waals surface area contributed by atoms with Crippen LogP contribution in [0.15, 0.2) is 90.0 Å². The number of benzene rings is 2. The van der Waals surface area contributed by atoms with Crippen LogP contribution in [0.2, 0.25) is 0 Å². The van der Waals surface area contributed by atoms with Gasteiger partial charge < -0.3 is 0 Å². The average molecular weight is 650 g/mol. The fourth-order valence-electron chi connectivity index (χ4n) is 6.74. The predicted octanol–water partition coefficient (Wildman–Crippen LogP) is 13.2. The van der Waals surface area contributed by atoms with Crippen molar-refractivity contribution in [1.82, 2.24) is 0 Å². The topological polar surface area (TPSA) is 29.4 Å². The molecule has 0 saturated heterocycles. The molecular weight excluding hydrogens is 591 g/mol. The first-order valence-electron chi connectivity index (χ1n) is 17.8. The molecule has 2 aromatic carbocycles. The number of Topliss-reactive ketones (excluding diaryl/α,β-unsaturated/α-hetero) is 1. The smallest absolute Gasteiger partial charge is 0.170 e. The molecule has 1 saturated carbocycles. The molecule has 1 atom stereocenters. The van der Waals surface area contributed by atoms with Gasteiger partial charge in [0.15, 0.2) is 5.78 Å². The highest BCUT2D eigenvalue weighted by Crippen LogP contribution is 2.34. The van der Waals surface area contributed by atoms with Crippen LogP contribution in [0.5, 0.6) is 0 Å². The Balaban J connectivity index is 0.00000196. The fourth-order valence-corrected chi connectivity index (χ4v) is 8.03. The molecule has 47 heavy (non-hydrogen) atoms. The molecule has 1 aliphatic heterocycles. The molecule has 1 aromatic heterocycles. The summed E-state index contributed by atoms with van der Waals surface area (Å²) in [7, 11) is 0. The number of carbonyl (C=O) groups excluding carboxylic acids is 1. The van der Waals surface area contributed by atoms with E-state index in [0.717, 1.165) is 66.1 Å². The van der Waals surface area contributed by atoms with Gasteiger partial charge in [-0.15, -0.1) is 11.3 Å². The minimum atomic E-state index is -0.214. The summed E-state index contributed by atoms with van der Waals surface area (Å²) in [5.41, 5.74) is 10.0. The Hall–Kier alpha value is -3.30. The lowest BCUT2D eigenvalue weighted by Gasteiger charge is -2.21. The van der Waals surface area contributed by atoms with Gasteiger partial charge in [0, 0.05) is 34.8 Å². The van der Waals surface area contributed by atoms with Gasteiger partial charge in [0.1, 0.15) is 0 Å². The van der Waals surface area contributed by atoms with Crippen molar-refractivity contribution in [2.75, 3.05) is 0 Å². The molecule has 0 radical (unpaired) electrons. The predicted molar refractivity (Wildman–Crippen MR) is 208 cm³/mol. The molecule has 1 unspecified atom stereocenters. The van der Waals surface area contributed by atoms with Crippen molar-refractivity contribution in [3.05, 3.63) is 123 Å². The van der Waals surface area contributed by atoms with Gasteiger partial charge in [0.25, 0.3) is 0 Å². The van der Waals surface area contributed by atoms with Crippen LogP contribution in [-0.2, 0) is 19.3 Å². The lowest BCUT2D eigenvalue weighted by atomic mass is 9.85. The first-order chi connectivity index (χ1) is 22.4. The van der Waals surface area contributed by atoms with Gasteiger partial charge in [-0.25, -0.2) is 0 Å². The van der Waals surface area contributed by atoms with Crippen molar-refractivity contribution in [3.8, 4) is 0 Å². The van der Waals surface area contributed by atoms with Crippen LogP contribution in [0.1, 0.15) is 148 Å². The van der Waals surface area contributed by atoms with Crippen LogP contribution in [-0.4, -0.2) is 11.5 Å². The van der Waals surface area contributed by atoms with Crippen molar-refractivity contribution in [1.29, 1.82) is 0 Å². The van der Waals surface area contributed by atoms with Crippen molar-refractivity contribution in [3.63, 3.8) is 0 Å². The first kappa shape index (κ1) is 38.2. The standard InChI is InChI=1S/C41H49NOS.C2H6.CH4/c1-6-31-17-12-21-36(25-31)40(43)30(5)34-19-13-20-35(26-34)38-22-23-39(42-38)41-33(7-2)27-37(44-41)24-29(4)28(3)14-11-18-32-15-9-8-10-16-32;1-2;/h12-13,17,19-22,25-27,30,32H,3-4,6-11,14-16,18,23-24H2,1-2,5H3;1-2H3;1H4. The molecule has 3 aromatic rings. The van der Waals surface area contributed by atoms with Crippen molar-refractivity contribution < 1.29 is 4.79 Å². The number of carbonyl (C=O) groups is 1. The summed E-state index contributed by atoms with van der Waals surface area (Å²) in [5.74, 6) is 0.877. The zero-order valence-corrected chi connectivity index (χ0v) is 29.9.